The van der Waals surface area contributed by atoms with Crippen molar-refractivity contribution in [3.8, 4) is 17.3 Å². The van der Waals surface area contributed by atoms with Gasteiger partial charge in [-0.25, -0.2) is 8.42 Å². The molecule has 0 radical (unpaired) electrons. The molecule has 1 saturated heterocycles. The molecule has 0 aliphatic carbocycles. The Hall–Kier alpha value is -3.41. The number of amides is 1. The molecule has 4 rings (SSSR count). The average molecular weight is 467 g/mol. The predicted molar refractivity (Wildman–Crippen MR) is 124 cm³/mol. The van der Waals surface area contributed by atoms with E-state index >= 15 is 0 Å². The summed E-state index contributed by atoms with van der Waals surface area (Å²) in [5.74, 6) is -0.193. The van der Waals surface area contributed by atoms with E-state index in [-0.39, 0.29) is 11.7 Å². The highest BCUT2D eigenvalue weighted by Crippen LogP contribution is 2.30. The maximum Gasteiger partial charge on any atom is 0.255 e. The van der Waals surface area contributed by atoms with E-state index in [0.717, 1.165) is 6.42 Å². The quantitative estimate of drug-likeness (QED) is 0.611. The van der Waals surface area contributed by atoms with Crippen molar-refractivity contribution in [2.75, 3.05) is 21.9 Å². The summed E-state index contributed by atoms with van der Waals surface area (Å²) in [6.45, 7) is 0.449. The van der Waals surface area contributed by atoms with Gasteiger partial charge in [0, 0.05) is 29.6 Å². The van der Waals surface area contributed by atoms with Crippen LogP contribution in [0.15, 0.2) is 60.8 Å². The van der Waals surface area contributed by atoms with Crippen molar-refractivity contribution in [1.29, 1.82) is 5.26 Å². The lowest BCUT2D eigenvalue weighted by atomic mass is 10.1. The SMILES string of the molecule is N#Cc1ccc(-c2cc(NC(=O)c3ccc(N4CCCCS4(=O)=O)cc3)ccc2Cl)nc1. The van der Waals surface area contributed by atoms with Crippen molar-refractivity contribution in [3.05, 3.63) is 76.9 Å². The topological polar surface area (TPSA) is 103 Å². The van der Waals surface area contributed by atoms with Crippen LogP contribution in [0, 0.1) is 11.3 Å². The number of nitrogens with zero attached hydrogens (tertiary/aromatic N) is 3. The standard InChI is InChI=1S/C23H19ClN4O3S/c24-21-9-6-18(13-20(21)22-10-3-16(14-25)15-26-22)27-23(29)17-4-7-19(8-5-17)28-11-1-2-12-32(28,30)31/h3-10,13,15H,1-2,11-12H2,(H,27,29). The van der Waals surface area contributed by atoms with Gasteiger partial charge in [-0.15, -0.1) is 0 Å². The number of nitriles is 1. The summed E-state index contributed by atoms with van der Waals surface area (Å²) < 4.78 is 25.9. The monoisotopic (exact) mass is 466 g/mol. The number of hydrogen-bond donors (Lipinski definition) is 1. The molecule has 1 aromatic heterocycles. The first kappa shape index (κ1) is 21.8. The van der Waals surface area contributed by atoms with Crippen LogP contribution in [0.4, 0.5) is 11.4 Å². The number of anilines is 2. The molecule has 3 aromatic rings. The second kappa shape index (κ2) is 8.99. The summed E-state index contributed by atoms with van der Waals surface area (Å²) in [4.78, 5) is 17.0. The molecule has 0 unspecified atom stereocenters. The van der Waals surface area contributed by atoms with Crippen LogP contribution in [0.1, 0.15) is 28.8 Å². The molecule has 1 N–H and O–H groups in total. The first-order valence-electron chi connectivity index (χ1n) is 9.95. The molecule has 7 nitrogen and oxygen atoms in total. The maximum atomic E-state index is 12.7. The van der Waals surface area contributed by atoms with Gasteiger partial charge in [0.15, 0.2) is 0 Å². The van der Waals surface area contributed by atoms with Gasteiger partial charge in [-0.05, 0) is 67.4 Å². The lowest BCUT2D eigenvalue weighted by Crippen LogP contribution is -2.37. The van der Waals surface area contributed by atoms with E-state index < -0.39 is 10.0 Å². The van der Waals surface area contributed by atoms with Gasteiger partial charge >= 0.3 is 0 Å². The van der Waals surface area contributed by atoms with E-state index in [0.29, 0.717) is 51.7 Å². The van der Waals surface area contributed by atoms with Gasteiger partial charge in [-0.3, -0.25) is 14.1 Å². The number of halogens is 1. The van der Waals surface area contributed by atoms with E-state index in [1.54, 1.807) is 54.6 Å². The molecular formula is C23H19ClN4O3S. The highest BCUT2D eigenvalue weighted by Gasteiger charge is 2.26. The summed E-state index contributed by atoms with van der Waals surface area (Å²) in [6.07, 6.45) is 2.94. The van der Waals surface area contributed by atoms with Crippen molar-refractivity contribution >= 4 is 38.9 Å². The lowest BCUT2D eigenvalue weighted by molar-refractivity contribution is 0.102. The van der Waals surface area contributed by atoms with Crippen LogP contribution >= 0.6 is 11.6 Å². The Kier molecular flexibility index (Phi) is 6.12. The molecule has 32 heavy (non-hydrogen) atoms. The normalized spacial score (nSPS) is 15.1. The Bertz CT molecular complexity index is 1300. The third-order valence-corrected chi connectivity index (χ3v) is 7.36. The van der Waals surface area contributed by atoms with E-state index in [1.165, 1.54) is 10.5 Å². The molecular weight excluding hydrogens is 448 g/mol. The molecule has 0 atom stereocenters. The average Bonchev–Trinajstić information content (AvgIpc) is 2.80. The largest absolute Gasteiger partial charge is 0.322 e. The minimum Gasteiger partial charge on any atom is -0.322 e. The zero-order valence-corrected chi connectivity index (χ0v) is 18.5. The minimum absolute atomic E-state index is 0.141. The fourth-order valence-electron chi connectivity index (χ4n) is 3.48. The fourth-order valence-corrected chi connectivity index (χ4v) is 5.33. The van der Waals surface area contributed by atoms with Crippen LogP contribution in [-0.4, -0.2) is 31.6 Å². The number of hydrogen-bond acceptors (Lipinski definition) is 5. The van der Waals surface area contributed by atoms with Gasteiger partial charge in [0.05, 0.1) is 27.7 Å². The summed E-state index contributed by atoms with van der Waals surface area (Å²) in [5.41, 5.74) is 3.13. The van der Waals surface area contributed by atoms with Crippen molar-refractivity contribution in [2.45, 2.75) is 12.8 Å². The molecule has 0 saturated carbocycles. The predicted octanol–water partition coefficient (Wildman–Crippen LogP) is 4.46. The Labute approximate surface area is 191 Å². The molecule has 1 aliphatic rings. The molecule has 2 aromatic carbocycles. The maximum absolute atomic E-state index is 12.7. The van der Waals surface area contributed by atoms with Crippen LogP contribution in [-0.2, 0) is 10.0 Å². The minimum atomic E-state index is -3.30. The number of carbonyl (C=O) groups excluding carboxylic acids is 1. The van der Waals surface area contributed by atoms with E-state index in [9.17, 15) is 13.2 Å². The highest BCUT2D eigenvalue weighted by molar-refractivity contribution is 7.92. The third-order valence-electron chi connectivity index (χ3n) is 5.16. The third kappa shape index (κ3) is 4.59. The molecule has 1 aliphatic heterocycles. The van der Waals surface area contributed by atoms with Crippen molar-refractivity contribution < 1.29 is 13.2 Å². The second-order valence-electron chi connectivity index (χ2n) is 7.33. The number of rotatable bonds is 4. The fraction of sp³-hybridized carbons (Fsp3) is 0.174. The number of carbonyl (C=O) groups is 1. The molecule has 0 bridgehead atoms. The van der Waals surface area contributed by atoms with Crippen LogP contribution in [0.2, 0.25) is 5.02 Å². The number of nitrogens with one attached hydrogen (secondary N) is 1. The summed E-state index contributed by atoms with van der Waals surface area (Å²) in [5, 5.41) is 12.2. The molecule has 0 spiro atoms. The van der Waals surface area contributed by atoms with E-state index in [1.807, 2.05) is 6.07 Å². The summed E-state index contributed by atoms with van der Waals surface area (Å²) in [6, 6.07) is 16.9. The van der Waals surface area contributed by atoms with E-state index in [4.69, 9.17) is 16.9 Å². The van der Waals surface area contributed by atoms with Crippen molar-refractivity contribution in [1.82, 2.24) is 4.98 Å². The zero-order chi connectivity index (χ0) is 22.7. The summed E-state index contributed by atoms with van der Waals surface area (Å²) in [7, 11) is -3.30. The van der Waals surface area contributed by atoms with Gasteiger partial charge in [-0.1, -0.05) is 11.6 Å². The zero-order valence-electron chi connectivity index (χ0n) is 17.0. The Morgan fingerprint density at radius 1 is 1.09 bits per heavy atom. The number of pyridine rings is 1. The first-order chi connectivity index (χ1) is 15.4. The molecule has 1 amide bonds. The van der Waals surface area contributed by atoms with Crippen LogP contribution in [0.5, 0.6) is 0 Å². The van der Waals surface area contributed by atoms with Crippen molar-refractivity contribution in [3.63, 3.8) is 0 Å². The first-order valence-corrected chi connectivity index (χ1v) is 11.9. The molecule has 9 heteroatoms. The van der Waals surface area contributed by atoms with Gasteiger partial charge in [0.2, 0.25) is 10.0 Å². The number of sulfonamides is 1. The number of benzene rings is 2. The van der Waals surface area contributed by atoms with Gasteiger partial charge in [0.25, 0.3) is 5.91 Å². The van der Waals surface area contributed by atoms with Crippen molar-refractivity contribution in [2.24, 2.45) is 0 Å². The lowest BCUT2D eigenvalue weighted by Gasteiger charge is -2.28. The van der Waals surface area contributed by atoms with Crippen LogP contribution in [0.3, 0.4) is 0 Å². The smallest absolute Gasteiger partial charge is 0.255 e. The van der Waals surface area contributed by atoms with Crippen LogP contribution in [0.25, 0.3) is 11.3 Å². The summed E-state index contributed by atoms with van der Waals surface area (Å²) >= 11 is 6.30. The Morgan fingerprint density at radius 2 is 1.88 bits per heavy atom. The number of aromatic nitrogens is 1. The van der Waals surface area contributed by atoms with Gasteiger partial charge in [-0.2, -0.15) is 5.26 Å². The molecule has 1 fully saturated rings. The van der Waals surface area contributed by atoms with Gasteiger partial charge < -0.3 is 5.32 Å². The molecule has 162 valence electrons. The highest BCUT2D eigenvalue weighted by atomic mass is 35.5. The van der Waals surface area contributed by atoms with Gasteiger partial charge in [0.1, 0.15) is 6.07 Å². The second-order valence-corrected chi connectivity index (χ2v) is 9.75. The Morgan fingerprint density at radius 3 is 2.53 bits per heavy atom. The van der Waals surface area contributed by atoms with E-state index in [2.05, 4.69) is 10.3 Å². The van der Waals surface area contributed by atoms with Crippen LogP contribution < -0.4 is 9.62 Å². The molecule has 2 heterocycles. The Balaban J connectivity index is 1.52.